The fraction of sp³-hybridized carbons (Fsp3) is 0.692. The highest BCUT2D eigenvalue weighted by atomic mass is 32.1. The van der Waals surface area contributed by atoms with E-state index in [4.69, 9.17) is 4.74 Å². The zero-order valence-electron chi connectivity index (χ0n) is 11.2. The fourth-order valence-electron chi connectivity index (χ4n) is 2.15. The van der Waals surface area contributed by atoms with Crippen LogP contribution >= 0.6 is 11.3 Å². The second-order valence-corrected chi connectivity index (χ2v) is 5.74. The molecule has 100 valence electrons. The Kier molecular flexibility index (Phi) is 4.35. The van der Waals surface area contributed by atoms with Crippen molar-refractivity contribution in [2.45, 2.75) is 38.6 Å². The van der Waals surface area contributed by atoms with Crippen LogP contribution in [-0.4, -0.2) is 37.6 Å². The van der Waals surface area contributed by atoms with Crippen molar-refractivity contribution in [3.05, 3.63) is 10.6 Å². The van der Waals surface area contributed by atoms with Crippen LogP contribution in [0.3, 0.4) is 0 Å². The maximum absolute atomic E-state index is 11.1. The Bertz CT molecular complexity index is 415. The summed E-state index contributed by atoms with van der Waals surface area (Å²) in [5.41, 5.74) is 1.01. The molecular weight excluding hydrogens is 248 g/mol. The number of anilines is 1. The van der Waals surface area contributed by atoms with Gasteiger partial charge in [0.1, 0.15) is 0 Å². The van der Waals surface area contributed by atoms with E-state index in [9.17, 15) is 4.79 Å². The minimum absolute atomic E-state index is 0.276. The molecule has 1 fully saturated rings. The third-order valence-corrected chi connectivity index (χ3v) is 4.30. The molecule has 0 bridgehead atoms. The first kappa shape index (κ1) is 13.5. The Labute approximate surface area is 112 Å². The van der Waals surface area contributed by atoms with Crippen LogP contribution < -0.4 is 4.90 Å². The van der Waals surface area contributed by atoms with Gasteiger partial charge < -0.3 is 9.64 Å². The summed E-state index contributed by atoms with van der Waals surface area (Å²) in [5.74, 6) is 0.520. The number of rotatable bonds is 7. The van der Waals surface area contributed by atoms with Crippen molar-refractivity contribution in [2.24, 2.45) is 0 Å². The van der Waals surface area contributed by atoms with Gasteiger partial charge in [-0.05, 0) is 26.7 Å². The van der Waals surface area contributed by atoms with Gasteiger partial charge in [0, 0.05) is 19.6 Å². The van der Waals surface area contributed by atoms with E-state index >= 15 is 0 Å². The van der Waals surface area contributed by atoms with Gasteiger partial charge in [-0.1, -0.05) is 11.3 Å². The van der Waals surface area contributed by atoms with Crippen molar-refractivity contribution < 1.29 is 9.53 Å². The largest absolute Gasteiger partial charge is 0.383 e. The Morgan fingerprint density at radius 3 is 2.83 bits per heavy atom. The number of likely N-dealkylation sites (N-methyl/N-ethyl adjacent to an activating group) is 1. The first-order chi connectivity index (χ1) is 8.71. The molecule has 1 heterocycles. The molecule has 1 aliphatic rings. The number of nitrogens with zero attached hydrogens (tertiary/aromatic N) is 2. The van der Waals surface area contributed by atoms with Gasteiger partial charge in [-0.3, -0.25) is 4.79 Å². The van der Waals surface area contributed by atoms with Gasteiger partial charge in [-0.25, -0.2) is 4.98 Å². The van der Waals surface area contributed by atoms with Gasteiger partial charge in [0.2, 0.25) is 0 Å². The highest BCUT2D eigenvalue weighted by Crippen LogP contribution is 2.43. The second-order valence-electron chi connectivity index (χ2n) is 4.73. The molecule has 0 saturated heterocycles. The molecule has 1 aromatic rings. The van der Waals surface area contributed by atoms with Gasteiger partial charge in [-0.2, -0.15) is 0 Å². The Morgan fingerprint density at radius 2 is 2.33 bits per heavy atom. The number of aldehydes is 1. The molecule has 0 spiro atoms. The molecule has 2 rings (SSSR count). The summed E-state index contributed by atoms with van der Waals surface area (Å²) in [6, 6.07) is 0.276. The van der Waals surface area contributed by atoms with Crippen molar-refractivity contribution in [3.63, 3.8) is 0 Å². The van der Waals surface area contributed by atoms with Crippen LogP contribution in [0.15, 0.2) is 0 Å². The number of ether oxygens (including phenoxy) is 1. The smallest absolute Gasteiger partial charge is 0.186 e. The summed E-state index contributed by atoms with van der Waals surface area (Å²) in [4.78, 5) is 18.8. The second kappa shape index (κ2) is 5.80. The molecule has 1 unspecified atom stereocenters. The zero-order valence-corrected chi connectivity index (χ0v) is 12.0. The maximum atomic E-state index is 11.1. The highest BCUT2D eigenvalue weighted by molar-refractivity contribution is 7.17. The van der Waals surface area contributed by atoms with E-state index in [1.165, 1.54) is 24.2 Å². The average molecular weight is 268 g/mol. The molecule has 4 nitrogen and oxygen atoms in total. The summed E-state index contributed by atoms with van der Waals surface area (Å²) in [6.45, 7) is 5.76. The molecule has 1 saturated carbocycles. The lowest BCUT2D eigenvalue weighted by Gasteiger charge is -2.26. The number of hydrogen-bond acceptors (Lipinski definition) is 5. The Hall–Kier alpha value is -0.940. The predicted molar refractivity (Wildman–Crippen MR) is 73.8 cm³/mol. The standard InChI is InChI=1S/C13H20N2O2S/c1-4-15(9(2)8-17-3)13-14-12(10-5-6-10)11(7-16)18-13/h7,9-10H,4-6,8H2,1-3H3. The number of carbonyl (C=O) groups is 1. The molecule has 0 amide bonds. The Balaban J connectivity index is 2.22. The molecule has 1 atom stereocenters. The van der Waals surface area contributed by atoms with Gasteiger partial charge >= 0.3 is 0 Å². The molecule has 0 radical (unpaired) electrons. The normalized spacial score (nSPS) is 16.6. The number of carbonyl (C=O) groups excluding carboxylic acids is 1. The number of methoxy groups -OCH3 is 1. The van der Waals surface area contributed by atoms with Crippen LogP contribution in [0.5, 0.6) is 0 Å². The van der Waals surface area contributed by atoms with E-state index in [-0.39, 0.29) is 6.04 Å². The minimum Gasteiger partial charge on any atom is -0.383 e. The molecule has 1 aliphatic carbocycles. The molecule has 0 aromatic carbocycles. The van der Waals surface area contributed by atoms with Crippen LogP contribution in [0.4, 0.5) is 5.13 Å². The Morgan fingerprint density at radius 1 is 1.61 bits per heavy atom. The quantitative estimate of drug-likeness (QED) is 0.713. The third kappa shape index (κ3) is 2.72. The topological polar surface area (TPSA) is 42.4 Å². The zero-order chi connectivity index (χ0) is 13.1. The number of aromatic nitrogens is 1. The lowest BCUT2D eigenvalue weighted by molar-refractivity contribution is 0.112. The first-order valence-electron chi connectivity index (χ1n) is 6.42. The maximum Gasteiger partial charge on any atom is 0.186 e. The SMILES string of the molecule is CCN(c1nc(C2CC2)c(C=O)s1)C(C)COC. The van der Waals surface area contributed by atoms with Crippen LogP contribution in [0, 0.1) is 0 Å². The molecule has 0 N–H and O–H groups in total. The molecule has 18 heavy (non-hydrogen) atoms. The molecular formula is C13H20N2O2S. The average Bonchev–Trinajstić information content (AvgIpc) is 3.12. The molecule has 1 aromatic heterocycles. The monoisotopic (exact) mass is 268 g/mol. The van der Waals surface area contributed by atoms with E-state index in [1.807, 2.05) is 0 Å². The van der Waals surface area contributed by atoms with Crippen molar-refractivity contribution in [3.8, 4) is 0 Å². The van der Waals surface area contributed by atoms with Crippen LogP contribution in [-0.2, 0) is 4.74 Å². The summed E-state index contributed by atoms with van der Waals surface area (Å²) in [5, 5.41) is 0.950. The van der Waals surface area contributed by atoms with Crippen molar-refractivity contribution in [2.75, 3.05) is 25.2 Å². The van der Waals surface area contributed by atoms with E-state index < -0.39 is 0 Å². The predicted octanol–water partition coefficient (Wildman–Crippen LogP) is 2.69. The van der Waals surface area contributed by atoms with Crippen LogP contribution in [0.25, 0.3) is 0 Å². The van der Waals surface area contributed by atoms with E-state index in [0.29, 0.717) is 12.5 Å². The van der Waals surface area contributed by atoms with Gasteiger partial charge in [0.05, 0.1) is 23.2 Å². The lowest BCUT2D eigenvalue weighted by Crippen LogP contribution is -2.36. The summed E-state index contributed by atoms with van der Waals surface area (Å²) >= 11 is 1.51. The van der Waals surface area contributed by atoms with E-state index in [0.717, 1.165) is 28.5 Å². The minimum atomic E-state index is 0.276. The summed E-state index contributed by atoms with van der Waals surface area (Å²) in [6.07, 6.45) is 3.29. The van der Waals surface area contributed by atoms with E-state index in [2.05, 4.69) is 23.7 Å². The third-order valence-electron chi connectivity index (χ3n) is 3.27. The number of hydrogen-bond donors (Lipinski definition) is 0. The summed E-state index contributed by atoms with van der Waals surface area (Å²) in [7, 11) is 1.71. The first-order valence-corrected chi connectivity index (χ1v) is 7.24. The van der Waals surface area contributed by atoms with Crippen molar-refractivity contribution in [1.82, 2.24) is 4.98 Å². The fourth-order valence-corrected chi connectivity index (χ4v) is 3.29. The van der Waals surface area contributed by atoms with Gasteiger partial charge in [0.25, 0.3) is 0 Å². The van der Waals surface area contributed by atoms with Crippen molar-refractivity contribution in [1.29, 1.82) is 0 Å². The lowest BCUT2D eigenvalue weighted by atomic mass is 10.2. The van der Waals surface area contributed by atoms with Gasteiger partial charge in [-0.15, -0.1) is 0 Å². The molecule has 0 aliphatic heterocycles. The summed E-state index contributed by atoms with van der Waals surface area (Å²) < 4.78 is 5.20. The van der Waals surface area contributed by atoms with Crippen LogP contribution in [0.1, 0.15) is 48.0 Å². The molecule has 5 heteroatoms. The van der Waals surface area contributed by atoms with Crippen molar-refractivity contribution >= 4 is 22.8 Å². The van der Waals surface area contributed by atoms with Gasteiger partial charge in [0.15, 0.2) is 11.4 Å². The number of thiazole rings is 1. The van der Waals surface area contributed by atoms with Crippen LogP contribution in [0.2, 0.25) is 0 Å². The highest BCUT2D eigenvalue weighted by Gasteiger charge is 2.30. The van der Waals surface area contributed by atoms with E-state index in [1.54, 1.807) is 7.11 Å².